The van der Waals surface area contributed by atoms with E-state index < -0.39 is 0 Å². The number of rotatable bonds is 9. The van der Waals surface area contributed by atoms with Crippen LogP contribution in [0, 0.1) is 0 Å². The van der Waals surface area contributed by atoms with Gasteiger partial charge in [-0.2, -0.15) is 0 Å². The van der Waals surface area contributed by atoms with Crippen molar-refractivity contribution in [2.75, 3.05) is 56.3 Å². The Kier molecular flexibility index (Phi) is 8.63. The number of likely N-dealkylation sites (N-methyl/N-ethyl adjacent to an activating group) is 1. The third-order valence-electron chi connectivity index (χ3n) is 5.69. The summed E-state index contributed by atoms with van der Waals surface area (Å²) in [6.07, 6.45) is 1.33. The molecule has 0 spiro atoms. The van der Waals surface area contributed by atoms with Gasteiger partial charge < -0.3 is 19.3 Å². The SMILES string of the molecule is C=CC(=O)N(CC)c1ccc(N(C)C(=O)c2cccc(OCC)c2)cc1CN1CCOCC1. The molecule has 0 aromatic heterocycles. The van der Waals surface area contributed by atoms with Gasteiger partial charge in [-0.25, -0.2) is 0 Å². The zero-order chi connectivity index (χ0) is 23.8. The van der Waals surface area contributed by atoms with Crippen molar-refractivity contribution in [2.45, 2.75) is 20.4 Å². The molecule has 7 heteroatoms. The third-order valence-corrected chi connectivity index (χ3v) is 5.69. The molecule has 1 heterocycles. The lowest BCUT2D eigenvalue weighted by atomic mass is 10.1. The van der Waals surface area contributed by atoms with Gasteiger partial charge in [-0.15, -0.1) is 0 Å². The van der Waals surface area contributed by atoms with Gasteiger partial charge >= 0.3 is 0 Å². The fraction of sp³-hybridized carbons (Fsp3) is 0.385. The van der Waals surface area contributed by atoms with Crippen molar-refractivity contribution in [1.82, 2.24) is 4.90 Å². The fourth-order valence-electron chi connectivity index (χ4n) is 3.92. The maximum Gasteiger partial charge on any atom is 0.258 e. The van der Waals surface area contributed by atoms with Gasteiger partial charge in [0.2, 0.25) is 5.91 Å². The summed E-state index contributed by atoms with van der Waals surface area (Å²) in [5.74, 6) is 0.392. The third kappa shape index (κ3) is 6.00. The monoisotopic (exact) mass is 451 g/mol. The maximum absolute atomic E-state index is 13.2. The molecule has 33 heavy (non-hydrogen) atoms. The van der Waals surface area contributed by atoms with E-state index in [1.54, 1.807) is 29.0 Å². The second-order valence-corrected chi connectivity index (χ2v) is 7.81. The number of anilines is 2. The summed E-state index contributed by atoms with van der Waals surface area (Å²) < 4.78 is 11.0. The molecule has 0 saturated carbocycles. The summed E-state index contributed by atoms with van der Waals surface area (Å²) in [6.45, 7) is 12.2. The Labute approximate surface area is 196 Å². The van der Waals surface area contributed by atoms with Gasteiger partial charge in [0.25, 0.3) is 5.91 Å². The average Bonchev–Trinajstić information content (AvgIpc) is 2.85. The van der Waals surface area contributed by atoms with E-state index in [0.717, 1.165) is 30.0 Å². The Morgan fingerprint density at radius 1 is 1.15 bits per heavy atom. The first-order valence-electron chi connectivity index (χ1n) is 11.4. The molecule has 1 aliphatic heterocycles. The molecule has 3 rings (SSSR count). The second-order valence-electron chi connectivity index (χ2n) is 7.81. The molecule has 1 saturated heterocycles. The van der Waals surface area contributed by atoms with Gasteiger partial charge in [0.15, 0.2) is 0 Å². The van der Waals surface area contributed by atoms with Crippen molar-refractivity contribution in [3.63, 3.8) is 0 Å². The molecule has 1 aliphatic rings. The van der Waals surface area contributed by atoms with Gasteiger partial charge in [0.1, 0.15) is 5.75 Å². The first-order chi connectivity index (χ1) is 16.0. The van der Waals surface area contributed by atoms with Crippen molar-refractivity contribution in [1.29, 1.82) is 0 Å². The summed E-state index contributed by atoms with van der Waals surface area (Å²) in [5.41, 5.74) is 3.13. The van der Waals surface area contributed by atoms with Crippen LogP contribution in [0.3, 0.4) is 0 Å². The predicted molar refractivity (Wildman–Crippen MR) is 131 cm³/mol. The summed E-state index contributed by atoms with van der Waals surface area (Å²) in [6, 6.07) is 13.0. The van der Waals surface area contributed by atoms with Crippen LogP contribution in [0.25, 0.3) is 0 Å². The molecular formula is C26H33N3O4. The average molecular weight is 452 g/mol. The Balaban J connectivity index is 1.93. The predicted octanol–water partition coefficient (Wildman–Crippen LogP) is 3.73. The van der Waals surface area contributed by atoms with Crippen LogP contribution < -0.4 is 14.5 Å². The first-order valence-corrected chi connectivity index (χ1v) is 11.4. The fourth-order valence-corrected chi connectivity index (χ4v) is 3.92. The number of morpholine rings is 1. The second kappa shape index (κ2) is 11.6. The molecule has 2 aromatic rings. The number of nitrogens with zero attached hydrogens (tertiary/aromatic N) is 3. The van der Waals surface area contributed by atoms with Gasteiger partial charge in [0.05, 0.1) is 19.8 Å². The molecule has 0 N–H and O–H groups in total. The summed E-state index contributed by atoms with van der Waals surface area (Å²) >= 11 is 0. The van der Waals surface area contributed by atoms with E-state index in [2.05, 4.69) is 11.5 Å². The number of benzene rings is 2. The van der Waals surface area contributed by atoms with E-state index in [-0.39, 0.29) is 11.8 Å². The molecule has 7 nitrogen and oxygen atoms in total. The summed E-state index contributed by atoms with van der Waals surface area (Å²) in [4.78, 5) is 31.3. The Hall–Kier alpha value is -3.16. The maximum atomic E-state index is 13.2. The lowest BCUT2D eigenvalue weighted by molar-refractivity contribution is -0.114. The van der Waals surface area contributed by atoms with Crippen LogP contribution in [-0.2, 0) is 16.1 Å². The highest BCUT2D eigenvalue weighted by molar-refractivity contribution is 6.06. The van der Waals surface area contributed by atoms with Crippen molar-refractivity contribution < 1.29 is 19.1 Å². The minimum absolute atomic E-state index is 0.129. The molecule has 0 unspecified atom stereocenters. The van der Waals surface area contributed by atoms with Gasteiger partial charge in [-0.3, -0.25) is 14.5 Å². The van der Waals surface area contributed by atoms with Crippen molar-refractivity contribution in [3.8, 4) is 5.75 Å². The molecule has 176 valence electrons. The highest BCUT2D eigenvalue weighted by atomic mass is 16.5. The molecule has 0 atom stereocenters. The number of hydrogen-bond acceptors (Lipinski definition) is 5. The molecular weight excluding hydrogens is 418 g/mol. The van der Waals surface area contributed by atoms with E-state index in [0.29, 0.717) is 44.2 Å². The minimum Gasteiger partial charge on any atom is -0.494 e. The van der Waals surface area contributed by atoms with Crippen LogP contribution in [0.2, 0.25) is 0 Å². The minimum atomic E-state index is -0.148. The van der Waals surface area contributed by atoms with Gasteiger partial charge in [0, 0.05) is 50.2 Å². The Morgan fingerprint density at radius 2 is 1.91 bits per heavy atom. The zero-order valence-corrected chi connectivity index (χ0v) is 19.8. The van der Waals surface area contributed by atoms with Crippen molar-refractivity contribution in [2.24, 2.45) is 0 Å². The van der Waals surface area contributed by atoms with Crippen LogP contribution in [0.4, 0.5) is 11.4 Å². The van der Waals surface area contributed by atoms with E-state index in [1.165, 1.54) is 6.08 Å². The molecule has 0 radical (unpaired) electrons. The van der Waals surface area contributed by atoms with Gasteiger partial charge in [-0.05, 0) is 61.9 Å². The molecule has 0 aliphatic carbocycles. The summed E-state index contributed by atoms with van der Waals surface area (Å²) in [5, 5.41) is 0. The standard InChI is InChI=1S/C26H33N3O4/c1-5-25(30)29(6-2)24-12-11-22(17-21(24)19-28-13-15-32-16-14-28)27(4)26(31)20-9-8-10-23(18-20)33-7-3/h5,8-12,17-18H,1,6-7,13-16,19H2,2-4H3. The normalized spacial score (nSPS) is 13.9. The highest BCUT2D eigenvalue weighted by Crippen LogP contribution is 2.29. The number of carbonyl (C=O) groups excluding carboxylic acids is 2. The molecule has 1 fully saturated rings. The van der Waals surface area contributed by atoms with Crippen LogP contribution in [0.15, 0.2) is 55.1 Å². The molecule has 2 aromatic carbocycles. The number of carbonyl (C=O) groups is 2. The molecule has 0 bridgehead atoms. The van der Waals surface area contributed by atoms with E-state index in [4.69, 9.17) is 9.47 Å². The number of amides is 2. The van der Waals surface area contributed by atoms with Crippen LogP contribution in [0.5, 0.6) is 5.75 Å². The number of hydrogen-bond donors (Lipinski definition) is 0. The topological polar surface area (TPSA) is 62.3 Å². The van der Waals surface area contributed by atoms with Crippen molar-refractivity contribution in [3.05, 3.63) is 66.2 Å². The summed E-state index contributed by atoms with van der Waals surface area (Å²) in [7, 11) is 1.76. The largest absolute Gasteiger partial charge is 0.494 e. The van der Waals surface area contributed by atoms with Crippen LogP contribution in [0.1, 0.15) is 29.8 Å². The van der Waals surface area contributed by atoms with Crippen LogP contribution in [-0.4, -0.2) is 63.2 Å². The number of ether oxygens (including phenoxy) is 2. The van der Waals surface area contributed by atoms with E-state index >= 15 is 0 Å². The van der Waals surface area contributed by atoms with Crippen molar-refractivity contribution >= 4 is 23.2 Å². The lowest BCUT2D eigenvalue weighted by Crippen LogP contribution is -2.37. The first kappa shape index (κ1) is 24.5. The lowest BCUT2D eigenvalue weighted by Gasteiger charge is -2.30. The molecule has 2 amide bonds. The highest BCUT2D eigenvalue weighted by Gasteiger charge is 2.21. The van der Waals surface area contributed by atoms with Crippen LogP contribution >= 0.6 is 0 Å². The quantitative estimate of drug-likeness (QED) is 0.544. The zero-order valence-electron chi connectivity index (χ0n) is 19.8. The van der Waals surface area contributed by atoms with E-state index in [1.807, 2.05) is 44.2 Å². The van der Waals surface area contributed by atoms with Gasteiger partial charge in [-0.1, -0.05) is 12.6 Å². The Morgan fingerprint density at radius 3 is 2.58 bits per heavy atom. The smallest absolute Gasteiger partial charge is 0.258 e. The van der Waals surface area contributed by atoms with E-state index in [9.17, 15) is 9.59 Å². The Bertz CT molecular complexity index is 985.